The third-order valence-corrected chi connectivity index (χ3v) is 8.78. The number of nitrogens with one attached hydrogen (secondary N) is 1. The van der Waals surface area contributed by atoms with Crippen molar-refractivity contribution < 1.29 is 45.8 Å². The van der Waals surface area contributed by atoms with Gasteiger partial charge in [-0.25, -0.2) is 4.98 Å². The van der Waals surface area contributed by atoms with Crippen molar-refractivity contribution in [2.24, 2.45) is 7.05 Å². The fourth-order valence-corrected chi connectivity index (χ4v) is 6.13. The Bertz CT molecular complexity index is 2140. The number of fused-ring (bicyclic) bond motifs is 2. The van der Waals surface area contributed by atoms with Gasteiger partial charge in [0.15, 0.2) is 11.5 Å². The van der Waals surface area contributed by atoms with Gasteiger partial charge in [-0.05, 0) is 72.6 Å². The van der Waals surface area contributed by atoms with Crippen LogP contribution in [0.4, 0.5) is 27.6 Å². The third-order valence-electron chi connectivity index (χ3n) is 8.78. The summed E-state index contributed by atoms with van der Waals surface area (Å²) in [6.45, 7) is 4.12. The zero-order chi connectivity index (χ0) is 36.1. The zero-order valence-corrected chi connectivity index (χ0v) is 27.3. The number of piperazine rings is 1. The summed E-state index contributed by atoms with van der Waals surface area (Å²) < 4.78 is 82.5. The van der Waals surface area contributed by atoms with Gasteiger partial charge in [0, 0.05) is 62.9 Å². The first-order chi connectivity index (χ1) is 24.2. The second-order valence-electron chi connectivity index (χ2n) is 12.3. The molecule has 0 aliphatic carbocycles. The summed E-state index contributed by atoms with van der Waals surface area (Å²) in [6.07, 6.45) is -6.79. The summed E-state index contributed by atoms with van der Waals surface area (Å²) in [6, 6.07) is 18.0. The molecule has 4 heterocycles. The molecule has 0 bridgehead atoms. The quantitative estimate of drug-likeness (QED) is 0.179. The minimum absolute atomic E-state index is 0.000373. The van der Waals surface area contributed by atoms with Gasteiger partial charge in [0.25, 0.3) is 11.8 Å². The molecule has 1 fully saturated rings. The highest BCUT2D eigenvalue weighted by atomic mass is 19.4. The van der Waals surface area contributed by atoms with Crippen molar-refractivity contribution in [1.82, 2.24) is 19.4 Å². The molecule has 5 aromatic rings. The standard InChI is InChI=1S/C36H30F5N5O5/c1-21-15-24(35(37,38)39)5-8-27(21)33(47)43-25-6-10-32(42-19-25)49-26-7-4-23-17-29(44(2)28(23)18-26)34(48)46-13-11-45(12-14-46)20-22-3-9-30-31(16-22)51-36(40,41)50-30/h3-10,15-19H,11-14,20H2,1-2H3,(H,43,47). The Morgan fingerprint density at radius 2 is 1.69 bits per heavy atom. The number of halogens is 5. The molecular weight excluding hydrogens is 677 g/mol. The molecule has 2 aliphatic heterocycles. The smallest absolute Gasteiger partial charge is 0.439 e. The number of aromatic nitrogens is 2. The van der Waals surface area contributed by atoms with Crippen molar-refractivity contribution in [3.63, 3.8) is 0 Å². The van der Waals surface area contributed by atoms with Crippen molar-refractivity contribution in [2.75, 3.05) is 31.5 Å². The van der Waals surface area contributed by atoms with Crippen molar-refractivity contribution in [1.29, 1.82) is 0 Å². The Labute approximate surface area is 287 Å². The minimum Gasteiger partial charge on any atom is -0.439 e. The number of amides is 2. The second-order valence-corrected chi connectivity index (χ2v) is 12.3. The van der Waals surface area contributed by atoms with Gasteiger partial charge in [-0.2, -0.15) is 13.2 Å². The number of pyridine rings is 1. The largest absolute Gasteiger partial charge is 0.586 e. The van der Waals surface area contributed by atoms with Gasteiger partial charge in [-0.15, -0.1) is 8.78 Å². The number of nitrogens with zero attached hydrogens (tertiary/aromatic N) is 4. The maximum absolute atomic E-state index is 13.6. The van der Waals surface area contributed by atoms with Crippen molar-refractivity contribution in [2.45, 2.75) is 25.9 Å². The van der Waals surface area contributed by atoms with Crippen LogP contribution in [-0.2, 0) is 19.8 Å². The average Bonchev–Trinajstić information content (AvgIpc) is 3.58. The summed E-state index contributed by atoms with van der Waals surface area (Å²) >= 11 is 0. The number of hydrogen-bond acceptors (Lipinski definition) is 7. The molecular formula is C36H30F5N5O5. The van der Waals surface area contributed by atoms with E-state index in [0.717, 1.165) is 34.7 Å². The van der Waals surface area contributed by atoms with E-state index >= 15 is 0 Å². The molecule has 264 valence electrons. The van der Waals surface area contributed by atoms with Gasteiger partial charge < -0.3 is 29.0 Å². The maximum atomic E-state index is 13.6. The monoisotopic (exact) mass is 707 g/mol. The molecule has 0 atom stereocenters. The number of hydrogen-bond donors (Lipinski definition) is 1. The summed E-state index contributed by atoms with van der Waals surface area (Å²) in [7, 11) is 1.80. The third kappa shape index (κ3) is 7.15. The Balaban J connectivity index is 0.953. The Morgan fingerprint density at radius 3 is 2.39 bits per heavy atom. The van der Waals surface area contributed by atoms with Gasteiger partial charge in [0.2, 0.25) is 5.88 Å². The Kier molecular flexibility index (Phi) is 8.53. The number of carbonyl (C=O) groups excluding carboxylic acids is 2. The molecule has 2 aliphatic rings. The van der Waals surface area contributed by atoms with Crippen LogP contribution in [0, 0.1) is 6.92 Å². The van der Waals surface area contributed by atoms with Gasteiger partial charge in [0.1, 0.15) is 11.4 Å². The fraction of sp³-hybridized carbons (Fsp3) is 0.250. The highest BCUT2D eigenvalue weighted by Crippen LogP contribution is 2.41. The molecule has 7 rings (SSSR count). The molecule has 51 heavy (non-hydrogen) atoms. The van der Waals surface area contributed by atoms with Crippen LogP contribution in [0.5, 0.6) is 23.1 Å². The fourth-order valence-electron chi connectivity index (χ4n) is 6.13. The SMILES string of the molecule is Cc1cc(C(F)(F)F)ccc1C(=O)Nc1ccc(Oc2ccc3cc(C(=O)N4CCN(Cc5ccc6c(c5)OC(F)(F)O6)CC4)n(C)c3c2)nc1. The van der Waals surface area contributed by atoms with Crippen LogP contribution in [0.3, 0.4) is 0 Å². The van der Waals surface area contributed by atoms with E-state index in [2.05, 4.69) is 24.7 Å². The van der Waals surface area contributed by atoms with E-state index in [1.54, 1.807) is 52.9 Å². The molecule has 15 heteroatoms. The predicted octanol–water partition coefficient (Wildman–Crippen LogP) is 7.22. The molecule has 0 radical (unpaired) electrons. The highest BCUT2D eigenvalue weighted by molar-refractivity contribution is 6.05. The average molecular weight is 708 g/mol. The lowest BCUT2D eigenvalue weighted by Crippen LogP contribution is -2.48. The lowest BCUT2D eigenvalue weighted by molar-refractivity contribution is -0.286. The number of carbonyl (C=O) groups is 2. The van der Waals surface area contributed by atoms with Gasteiger partial charge in [-0.3, -0.25) is 14.5 Å². The first kappa shape index (κ1) is 33.8. The van der Waals surface area contributed by atoms with Crippen LogP contribution >= 0.6 is 0 Å². The highest BCUT2D eigenvalue weighted by Gasteiger charge is 2.43. The van der Waals surface area contributed by atoms with E-state index < -0.39 is 23.9 Å². The van der Waals surface area contributed by atoms with Crippen molar-refractivity contribution >= 4 is 28.4 Å². The van der Waals surface area contributed by atoms with Crippen LogP contribution in [-0.4, -0.2) is 63.6 Å². The number of benzene rings is 3. The van der Waals surface area contributed by atoms with Crippen LogP contribution in [0.25, 0.3) is 10.9 Å². The zero-order valence-electron chi connectivity index (χ0n) is 27.3. The van der Waals surface area contributed by atoms with Gasteiger partial charge in [0.05, 0.1) is 23.0 Å². The van der Waals surface area contributed by atoms with Crippen molar-refractivity contribution in [3.8, 4) is 23.1 Å². The first-order valence-corrected chi connectivity index (χ1v) is 15.9. The summed E-state index contributed by atoms with van der Waals surface area (Å²) in [5.41, 5.74) is 1.86. The van der Waals surface area contributed by atoms with Gasteiger partial charge >= 0.3 is 12.5 Å². The number of ether oxygens (including phenoxy) is 3. The molecule has 10 nitrogen and oxygen atoms in total. The van der Waals surface area contributed by atoms with Crippen LogP contribution in [0.2, 0.25) is 0 Å². The Morgan fingerprint density at radius 1 is 0.922 bits per heavy atom. The maximum Gasteiger partial charge on any atom is 0.586 e. The molecule has 0 spiro atoms. The van der Waals surface area contributed by atoms with Crippen LogP contribution in [0.1, 0.15) is 37.5 Å². The molecule has 0 saturated carbocycles. The normalized spacial score (nSPS) is 15.6. The first-order valence-electron chi connectivity index (χ1n) is 15.9. The molecule has 0 unspecified atom stereocenters. The summed E-state index contributed by atoms with van der Waals surface area (Å²) in [4.78, 5) is 34.4. The topological polar surface area (TPSA) is 98.2 Å². The molecule has 2 amide bonds. The van der Waals surface area contributed by atoms with Crippen molar-refractivity contribution in [3.05, 3.63) is 107 Å². The van der Waals surface area contributed by atoms with E-state index in [9.17, 15) is 31.5 Å². The van der Waals surface area contributed by atoms with E-state index in [0.29, 0.717) is 49.9 Å². The minimum atomic E-state index is -4.50. The number of anilines is 1. The van der Waals surface area contributed by atoms with Crippen LogP contribution in [0.15, 0.2) is 79.0 Å². The van der Waals surface area contributed by atoms with Gasteiger partial charge in [-0.1, -0.05) is 6.07 Å². The summed E-state index contributed by atoms with van der Waals surface area (Å²) in [5, 5.41) is 3.47. The lowest BCUT2D eigenvalue weighted by Gasteiger charge is -2.34. The summed E-state index contributed by atoms with van der Waals surface area (Å²) in [5.74, 6) is 0.0124. The van der Waals surface area contributed by atoms with E-state index in [1.165, 1.54) is 19.2 Å². The molecule has 1 N–H and O–H groups in total. The Hall–Kier alpha value is -5.70. The lowest BCUT2D eigenvalue weighted by atomic mass is 10.0. The van der Waals surface area contributed by atoms with E-state index in [4.69, 9.17) is 4.74 Å². The van der Waals surface area contributed by atoms with Crippen LogP contribution < -0.4 is 19.5 Å². The molecule has 2 aromatic heterocycles. The molecule has 3 aromatic carbocycles. The second kappa shape index (κ2) is 12.9. The predicted molar refractivity (Wildman–Crippen MR) is 175 cm³/mol. The number of alkyl halides is 5. The number of aryl methyl sites for hydroxylation is 2. The van der Waals surface area contributed by atoms with E-state index in [-0.39, 0.29) is 34.4 Å². The van der Waals surface area contributed by atoms with E-state index in [1.807, 2.05) is 12.1 Å². The number of rotatable bonds is 7. The molecule has 1 saturated heterocycles.